The van der Waals surface area contributed by atoms with Gasteiger partial charge in [0.2, 0.25) is 11.8 Å². The second-order valence-corrected chi connectivity index (χ2v) is 14.6. The molecule has 2 saturated heterocycles. The zero-order chi connectivity index (χ0) is 38.5. The molecule has 54 heavy (non-hydrogen) atoms. The lowest BCUT2D eigenvalue weighted by molar-refractivity contribution is -0.136. The standard InChI is InChI=1S/C40H50N8O6/c1-23(2)33(45-39(51)53-5)37(49)47-19-7-9-31(47)29-21-41-35(43-29)27-15-11-25(12-16-27)26-13-17-28(18-14-26)36-42-22-30(44-36)32-10-8-20-48(32)38(50)34(24(3)4)46-40(52)54-6/h11-18,21-24,31-34H,7-10,19-20H2,1-6H3,(H,41,43)(H,42,44)(H,45,51)(H,46,52). The molecule has 0 bridgehead atoms. The number of rotatable bonds is 11. The van der Waals surface area contributed by atoms with Gasteiger partial charge in [-0.3, -0.25) is 9.59 Å². The Labute approximate surface area is 315 Å². The average Bonchev–Trinajstić information content (AvgIpc) is 4.02. The molecule has 4 amide bonds. The Morgan fingerprint density at radius 1 is 0.630 bits per heavy atom. The summed E-state index contributed by atoms with van der Waals surface area (Å²) < 4.78 is 9.50. The van der Waals surface area contributed by atoms with Gasteiger partial charge in [-0.05, 0) is 48.6 Å². The highest BCUT2D eigenvalue weighted by molar-refractivity contribution is 5.87. The van der Waals surface area contributed by atoms with Crippen molar-refractivity contribution in [2.75, 3.05) is 27.3 Å². The Morgan fingerprint density at radius 2 is 0.981 bits per heavy atom. The van der Waals surface area contributed by atoms with Crippen molar-refractivity contribution in [2.24, 2.45) is 11.8 Å². The number of hydrogen-bond donors (Lipinski definition) is 4. The molecule has 286 valence electrons. The van der Waals surface area contributed by atoms with Gasteiger partial charge in [0, 0.05) is 24.2 Å². The van der Waals surface area contributed by atoms with E-state index in [-0.39, 0.29) is 35.7 Å². The number of nitrogens with zero attached hydrogens (tertiary/aromatic N) is 4. The van der Waals surface area contributed by atoms with Crippen LogP contribution in [0.5, 0.6) is 0 Å². The molecule has 0 radical (unpaired) electrons. The highest BCUT2D eigenvalue weighted by Gasteiger charge is 2.38. The lowest BCUT2D eigenvalue weighted by atomic mass is 10.0. The van der Waals surface area contributed by atoms with Gasteiger partial charge in [0.05, 0.1) is 50.1 Å². The smallest absolute Gasteiger partial charge is 0.407 e. The summed E-state index contributed by atoms with van der Waals surface area (Å²) in [6, 6.07) is 14.6. The molecule has 4 atom stereocenters. The quantitative estimate of drug-likeness (QED) is 0.140. The van der Waals surface area contributed by atoms with Crippen LogP contribution in [0.2, 0.25) is 0 Å². The first-order valence-corrected chi connectivity index (χ1v) is 18.6. The normalized spacial score (nSPS) is 18.1. The van der Waals surface area contributed by atoms with Crippen LogP contribution in [0.4, 0.5) is 9.59 Å². The van der Waals surface area contributed by atoms with Crippen LogP contribution in [-0.2, 0) is 19.1 Å². The topological polar surface area (TPSA) is 175 Å². The average molecular weight is 739 g/mol. The molecule has 0 aliphatic carbocycles. The molecule has 4 unspecified atom stereocenters. The lowest BCUT2D eigenvalue weighted by Gasteiger charge is -2.30. The van der Waals surface area contributed by atoms with E-state index in [0.717, 1.165) is 71.0 Å². The van der Waals surface area contributed by atoms with E-state index in [1.165, 1.54) is 14.2 Å². The number of carbonyl (C=O) groups is 4. The first-order valence-electron chi connectivity index (χ1n) is 18.6. The van der Waals surface area contributed by atoms with Gasteiger partial charge >= 0.3 is 12.2 Å². The molecular formula is C40H50N8O6. The van der Waals surface area contributed by atoms with Crippen molar-refractivity contribution in [2.45, 2.75) is 77.5 Å². The number of benzene rings is 2. The van der Waals surface area contributed by atoms with E-state index in [0.29, 0.717) is 13.1 Å². The maximum Gasteiger partial charge on any atom is 0.407 e. The monoisotopic (exact) mass is 738 g/mol. The summed E-state index contributed by atoms with van der Waals surface area (Å²) in [5, 5.41) is 5.39. The van der Waals surface area contributed by atoms with Crippen LogP contribution in [0, 0.1) is 11.8 Å². The Kier molecular flexibility index (Phi) is 11.7. The first kappa shape index (κ1) is 38.1. The lowest BCUT2D eigenvalue weighted by Crippen LogP contribution is -2.51. The van der Waals surface area contributed by atoms with E-state index in [9.17, 15) is 19.2 Å². The van der Waals surface area contributed by atoms with Crippen LogP contribution in [0.3, 0.4) is 0 Å². The number of amides is 4. The molecule has 2 fully saturated rings. The van der Waals surface area contributed by atoms with Crippen LogP contribution in [-0.4, -0.2) is 93.1 Å². The fourth-order valence-electron chi connectivity index (χ4n) is 7.41. The minimum atomic E-state index is -0.680. The minimum Gasteiger partial charge on any atom is -0.453 e. The van der Waals surface area contributed by atoms with Crippen molar-refractivity contribution in [1.82, 2.24) is 40.4 Å². The molecule has 2 aliphatic heterocycles. The molecule has 6 rings (SSSR count). The predicted octanol–water partition coefficient (Wildman–Crippen LogP) is 6.22. The number of alkyl carbamates (subject to hydrolysis) is 2. The van der Waals surface area contributed by atoms with Crippen LogP contribution in [0.15, 0.2) is 60.9 Å². The number of carbonyl (C=O) groups excluding carboxylic acids is 4. The molecular weight excluding hydrogens is 688 g/mol. The summed E-state index contributed by atoms with van der Waals surface area (Å²) in [4.78, 5) is 70.7. The van der Waals surface area contributed by atoms with E-state index < -0.39 is 24.3 Å². The summed E-state index contributed by atoms with van der Waals surface area (Å²) in [7, 11) is 2.58. The van der Waals surface area contributed by atoms with E-state index >= 15 is 0 Å². The Morgan fingerprint density at radius 3 is 1.31 bits per heavy atom. The van der Waals surface area contributed by atoms with E-state index in [1.54, 1.807) is 12.4 Å². The van der Waals surface area contributed by atoms with Crippen molar-refractivity contribution >= 4 is 24.0 Å². The van der Waals surface area contributed by atoms with Gasteiger partial charge in [0.15, 0.2) is 0 Å². The summed E-state index contributed by atoms with van der Waals surface area (Å²) in [6.07, 6.45) is 5.67. The van der Waals surface area contributed by atoms with Gasteiger partial charge in [-0.15, -0.1) is 0 Å². The number of hydrogen-bond acceptors (Lipinski definition) is 8. The van der Waals surface area contributed by atoms with Crippen LogP contribution >= 0.6 is 0 Å². The Bertz CT molecular complexity index is 1800. The second kappa shape index (κ2) is 16.6. The van der Waals surface area contributed by atoms with Crippen LogP contribution in [0.1, 0.15) is 76.8 Å². The van der Waals surface area contributed by atoms with Crippen molar-refractivity contribution in [3.63, 3.8) is 0 Å². The molecule has 14 nitrogen and oxygen atoms in total. The number of imidazole rings is 2. The molecule has 4 N–H and O–H groups in total. The summed E-state index contributed by atoms with van der Waals surface area (Å²) in [5.74, 6) is 0.977. The number of aromatic nitrogens is 4. The fourth-order valence-corrected chi connectivity index (χ4v) is 7.41. The van der Waals surface area contributed by atoms with Crippen LogP contribution < -0.4 is 10.6 Å². The van der Waals surface area contributed by atoms with Crippen molar-refractivity contribution in [3.8, 4) is 33.9 Å². The van der Waals surface area contributed by atoms with Gasteiger partial charge in [-0.2, -0.15) is 0 Å². The van der Waals surface area contributed by atoms with Crippen molar-refractivity contribution in [3.05, 3.63) is 72.3 Å². The molecule has 0 spiro atoms. The zero-order valence-electron chi connectivity index (χ0n) is 31.7. The van der Waals surface area contributed by atoms with Gasteiger partial charge in [0.25, 0.3) is 0 Å². The Hall–Kier alpha value is -5.66. The number of aromatic amines is 2. The molecule has 0 saturated carbocycles. The maximum atomic E-state index is 13.5. The van der Waals surface area contributed by atoms with Crippen molar-refractivity contribution in [1.29, 1.82) is 0 Å². The minimum absolute atomic E-state index is 0.0997. The zero-order valence-corrected chi connectivity index (χ0v) is 31.7. The molecule has 14 heteroatoms. The molecule has 2 aromatic heterocycles. The molecule has 4 aromatic rings. The van der Waals surface area contributed by atoms with E-state index in [4.69, 9.17) is 9.47 Å². The maximum absolute atomic E-state index is 13.5. The third-order valence-corrected chi connectivity index (χ3v) is 10.4. The highest BCUT2D eigenvalue weighted by atomic mass is 16.5. The number of likely N-dealkylation sites (tertiary alicyclic amines) is 2. The summed E-state index contributed by atoms with van der Waals surface area (Å²) in [5.41, 5.74) is 5.66. The third kappa shape index (κ3) is 8.12. The number of methoxy groups -OCH3 is 2. The van der Waals surface area contributed by atoms with Crippen LogP contribution in [0.25, 0.3) is 33.9 Å². The SMILES string of the molecule is COC(=O)NC(C(=O)N1CCCC1c1cnc(-c2ccc(-c3ccc(-c4ncc(C5CCCN5C(=O)C(NC(=O)OC)C(C)C)[nH]4)cc3)cc2)[nH]1)C(C)C. The summed E-state index contributed by atoms with van der Waals surface area (Å²) >= 11 is 0. The molecule has 2 aromatic carbocycles. The number of ether oxygens (including phenoxy) is 2. The molecule has 4 heterocycles. The summed E-state index contributed by atoms with van der Waals surface area (Å²) in [6.45, 7) is 8.82. The van der Waals surface area contributed by atoms with Gasteiger partial charge in [-0.1, -0.05) is 76.2 Å². The highest BCUT2D eigenvalue weighted by Crippen LogP contribution is 2.35. The first-order chi connectivity index (χ1) is 26.0. The van der Waals surface area contributed by atoms with E-state index in [1.807, 2.05) is 61.8 Å². The predicted molar refractivity (Wildman–Crippen MR) is 203 cm³/mol. The fraction of sp³-hybridized carbons (Fsp3) is 0.450. The van der Waals surface area contributed by atoms with Gasteiger partial charge in [0.1, 0.15) is 23.7 Å². The van der Waals surface area contributed by atoms with E-state index in [2.05, 4.69) is 54.8 Å². The molecule has 2 aliphatic rings. The van der Waals surface area contributed by atoms with Gasteiger partial charge < -0.3 is 39.9 Å². The largest absolute Gasteiger partial charge is 0.453 e. The number of H-pyrrole nitrogens is 2. The number of nitrogens with one attached hydrogen (secondary N) is 4. The second-order valence-electron chi connectivity index (χ2n) is 14.6. The Balaban J connectivity index is 1.11. The van der Waals surface area contributed by atoms with Gasteiger partial charge in [-0.25, -0.2) is 19.6 Å². The van der Waals surface area contributed by atoms with Crippen molar-refractivity contribution < 1.29 is 28.7 Å². The third-order valence-electron chi connectivity index (χ3n) is 10.4.